The van der Waals surface area contributed by atoms with Crippen molar-refractivity contribution < 1.29 is 14.7 Å². The Bertz CT molecular complexity index is 1230. The number of nitrogens with one attached hydrogen (secondary N) is 2. The van der Waals surface area contributed by atoms with Gasteiger partial charge in [0.15, 0.2) is 0 Å². The fraction of sp³-hybridized carbons (Fsp3) is 0.321. The first kappa shape index (κ1) is 26.1. The lowest BCUT2D eigenvalue weighted by atomic mass is 9.87. The smallest absolute Gasteiger partial charge is 0.274 e. The van der Waals surface area contributed by atoms with Crippen LogP contribution in [0.2, 0.25) is 0 Å². The molecule has 0 radical (unpaired) electrons. The van der Waals surface area contributed by atoms with Gasteiger partial charge in [0.05, 0.1) is 12.6 Å². The third-order valence-electron chi connectivity index (χ3n) is 5.98. The van der Waals surface area contributed by atoms with Crippen LogP contribution < -0.4 is 16.4 Å². The van der Waals surface area contributed by atoms with E-state index < -0.39 is 0 Å². The summed E-state index contributed by atoms with van der Waals surface area (Å²) in [6.45, 7) is 9.86. The Morgan fingerprint density at radius 1 is 1.00 bits per heavy atom. The number of benzene rings is 2. The van der Waals surface area contributed by atoms with Crippen LogP contribution in [0.3, 0.4) is 0 Å². The summed E-state index contributed by atoms with van der Waals surface area (Å²) in [5, 5.41) is 15.5. The fourth-order valence-electron chi connectivity index (χ4n) is 3.80. The quantitative estimate of drug-likeness (QED) is 0.409. The first-order valence-corrected chi connectivity index (χ1v) is 11.6. The van der Waals surface area contributed by atoms with Gasteiger partial charge in [0.25, 0.3) is 11.8 Å². The fourth-order valence-corrected chi connectivity index (χ4v) is 3.80. The molecule has 1 atom stereocenters. The number of aliphatic hydroxyl groups is 1. The van der Waals surface area contributed by atoms with Gasteiger partial charge in [-0.25, -0.2) is 4.98 Å². The van der Waals surface area contributed by atoms with Crippen molar-refractivity contribution in [2.24, 2.45) is 11.1 Å². The maximum atomic E-state index is 13.2. The Morgan fingerprint density at radius 2 is 1.71 bits per heavy atom. The van der Waals surface area contributed by atoms with Gasteiger partial charge in [0.2, 0.25) is 0 Å². The molecule has 2 amide bonds. The van der Waals surface area contributed by atoms with Crippen molar-refractivity contribution in [1.82, 2.24) is 10.3 Å². The summed E-state index contributed by atoms with van der Waals surface area (Å²) in [6.07, 6.45) is 0. The van der Waals surface area contributed by atoms with E-state index in [9.17, 15) is 14.7 Å². The van der Waals surface area contributed by atoms with E-state index in [2.05, 4.69) is 15.6 Å². The van der Waals surface area contributed by atoms with Gasteiger partial charge in [0.1, 0.15) is 5.69 Å². The van der Waals surface area contributed by atoms with E-state index in [0.29, 0.717) is 29.1 Å². The SMILES string of the molecule is Cc1ccc(-c2ccc(C(=O)N[C@H](CO)C(C)(C)C)cc2C)c(C(=O)Nc2cccc(CN)c2)n1. The van der Waals surface area contributed by atoms with Gasteiger partial charge < -0.3 is 21.5 Å². The second-order valence-corrected chi connectivity index (χ2v) is 9.81. The number of rotatable bonds is 7. The minimum atomic E-state index is -0.371. The number of hydrogen-bond acceptors (Lipinski definition) is 5. The lowest BCUT2D eigenvalue weighted by Crippen LogP contribution is -2.46. The summed E-state index contributed by atoms with van der Waals surface area (Å²) in [5.74, 6) is -0.580. The number of nitrogens with two attached hydrogens (primary N) is 1. The second kappa shape index (κ2) is 10.8. The van der Waals surface area contributed by atoms with Gasteiger partial charge in [0, 0.05) is 29.1 Å². The molecule has 3 rings (SSSR count). The molecule has 7 nitrogen and oxygen atoms in total. The molecule has 5 N–H and O–H groups in total. The summed E-state index contributed by atoms with van der Waals surface area (Å²) >= 11 is 0. The molecule has 2 aromatic carbocycles. The standard InChI is InChI=1S/C28H34N4O3/c1-17-13-20(26(34)32-24(16-33)28(3,4)5)10-12-22(17)23-11-9-18(2)30-25(23)27(35)31-21-8-6-7-19(14-21)15-29/h6-14,24,33H,15-16,29H2,1-5H3,(H,31,35)(H,32,34)/t24-/m1/s1. The summed E-state index contributed by atoms with van der Waals surface area (Å²) in [7, 11) is 0. The number of aromatic nitrogens is 1. The minimum absolute atomic E-state index is 0.145. The molecule has 0 unspecified atom stereocenters. The number of hydrogen-bond donors (Lipinski definition) is 4. The number of carbonyl (C=O) groups excluding carboxylic acids is 2. The molecule has 3 aromatic rings. The molecule has 7 heteroatoms. The molecule has 0 bridgehead atoms. The molecular weight excluding hydrogens is 440 g/mol. The van der Waals surface area contributed by atoms with Crippen LogP contribution in [0.25, 0.3) is 11.1 Å². The van der Waals surface area contributed by atoms with Gasteiger partial charge in [-0.15, -0.1) is 0 Å². The molecule has 0 spiro atoms. The molecule has 1 aromatic heterocycles. The van der Waals surface area contributed by atoms with E-state index in [1.54, 1.807) is 12.1 Å². The largest absolute Gasteiger partial charge is 0.394 e. The number of aryl methyl sites for hydroxylation is 2. The predicted octanol–water partition coefficient (Wildman–Crippen LogP) is 4.21. The van der Waals surface area contributed by atoms with Gasteiger partial charge in [-0.3, -0.25) is 9.59 Å². The summed E-state index contributed by atoms with van der Waals surface area (Å²) in [4.78, 5) is 30.6. The molecule has 0 aliphatic rings. The molecule has 1 heterocycles. The maximum absolute atomic E-state index is 13.2. The normalized spacial score (nSPS) is 12.2. The van der Waals surface area contributed by atoms with Crippen LogP contribution in [0, 0.1) is 19.3 Å². The third-order valence-corrected chi connectivity index (χ3v) is 5.98. The van der Waals surface area contributed by atoms with Crippen molar-refractivity contribution in [3.05, 3.63) is 82.7 Å². The van der Waals surface area contributed by atoms with Crippen LogP contribution >= 0.6 is 0 Å². The van der Waals surface area contributed by atoms with Crippen molar-refractivity contribution >= 4 is 17.5 Å². The maximum Gasteiger partial charge on any atom is 0.274 e. The molecule has 0 saturated heterocycles. The zero-order chi connectivity index (χ0) is 25.8. The van der Waals surface area contributed by atoms with E-state index in [1.807, 2.05) is 77.1 Å². The minimum Gasteiger partial charge on any atom is -0.394 e. The van der Waals surface area contributed by atoms with E-state index in [-0.39, 0.29) is 29.9 Å². The lowest BCUT2D eigenvalue weighted by molar-refractivity contribution is 0.0848. The van der Waals surface area contributed by atoms with Gasteiger partial charge in [-0.05, 0) is 66.3 Å². The zero-order valence-electron chi connectivity index (χ0n) is 21.0. The zero-order valence-corrected chi connectivity index (χ0v) is 21.0. The van der Waals surface area contributed by atoms with Crippen LogP contribution in [0.1, 0.15) is 58.4 Å². The first-order chi connectivity index (χ1) is 16.5. The van der Waals surface area contributed by atoms with Crippen molar-refractivity contribution in [3.63, 3.8) is 0 Å². The van der Waals surface area contributed by atoms with E-state index in [4.69, 9.17) is 5.73 Å². The number of amides is 2. The summed E-state index contributed by atoms with van der Waals surface area (Å²) < 4.78 is 0. The number of anilines is 1. The van der Waals surface area contributed by atoms with Gasteiger partial charge in [-0.1, -0.05) is 45.0 Å². The molecule has 0 saturated carbocycles. The van der Waals surface area contributed by atoms with Crippen molar-refractivity contribution in [1.29, 1.82) is 0 Å². The lowest BCUT2D eigenvalue weighted by Gasteiger charge is -2.29. The van der Waals surface area contributed by atoms with Gasteiger partial charge in [-0.2, -0.15) is 0 Å². The Morgan fingerprint density at radius 3 is 2.34 bits per heavy atom. The van der Waals surface area contributed by atoms with Crippen LogP contribution in [0.15, 0.2) is 54.6 Å². The highest BCUT2D eigenvalue weighted by atomic mass is 16.3. The van der Waals surface area contributed by atoms with E-state index in [0.717, 1.165) is 22.4 Å². The number of aliphatic hydroxyl groups excluding tert-OH is 1. The highest BCUT2D eigenvalue weighted by molar-refractivity contribution is 6.07. The highest BCUT2D eigenvalue weighted by Gasteiger charge is 2.26. The molecule has 35 heavy (non-hydrogen) atoms. The van der Waals surface area contributed by atoms with Crippen LogP contribution in [-0.2, 0) is 6.54 Å². The molecule has 0 aliphatic carbocycles. The average Bonchev–Trinajstić information content (AvgIpc) is 2.81. The Balaban J connectivity index is 1.91. The monoisotopic (exact) mass is 474 g/mol. The van der Waals surface area contributed by atoms with Crippen molar-refractivity contribution in [2.45, 2.75) is 47.2 Å². The highest BCUT2D eigenvalue weighted by Crippen LogP contribution is 2.28. The molecule has 184 valence electrons. The number of nitrogens with zero attached hydrogens (tertiary/aromatic N) is 1. The second-order valence-electron chi connectivity index (χ2n) is 9.81. The number of pyridine rings is 1. The Hall–Kier alpha value is -3.55. The predicted molar refractivity (Wildman–Crippen MR) is 139 cm³/mol. The van der Waals surface area contributed by atoms with E-state index >= 15 is 0 Å². The van der Waals surface area contributed by atoms with Crippen LogP contribution in [0.4, 0.5) is 5.69 Å². The van der Waals surface area contributed by atoms with E-state index in [1.165, 1.54) is 0 Å². The van der Waals surface area contributed by atoms with Crippen LogP contribution in [0.5, 0.6) is 0 Å². The third kappa shape index (κ3) is 6.32. The van der Waals surface area contributed by atoms with Crippen molar-refractivity contribution in [2.75, 3.05) is 11.9 Å². The summed E-state index contributed by atoms with van der Waals surface area (Å²) in [6, 6.07) is 16.1. The first-order valence-electron chi connectivity index (χ1n) is 11.6. The topological polar surface area (TPSA) is 117 Å². The van der Waals surface area contributed by atoms with Gasteiger partial charge >= 0.3 is 0 Å². The average molecular weight is 475 g/mol. The Kier molecular flexibility index (Phi) is 8.04. The Labute approximate surface area is 206 Å². The number of carbonyl (C=O) groups is 2. The summed E-state index contributed by atoms with van der Waals surface area (Å²) in [5.41, 5.74) is 10.8. The molecule has 0 fully saturated rings. The molecule has 0 aliphatic heterocycles. The van der Waals surface area contributed by atoms with Crippen LogP contribution in [-0.4, -0.2) is 34.6 Å². The van der Waals surface area contributed by atoms with Crippen molar-refractivity contribution in [3.8, 4) is 11.1 Å². The molecular formula is C28H34N4O3.